The maximum absolute atomic E-state index is 4.72. The highest BCUT2D eigenvalue weighted by Crippen LogP contribution is 2.32. The lowest BCUT2D eigenvalue weighted by atomic mass is 10.1. The first-order valence-electron chi connectivity index (χ1n) is 9.92. The van der Waals surface area contributed by atoms with E-state index in [4.69, 9.17) is 4.98 Å². The second-order valence-electron chi connectivity index (χ2n) is 7.44. The van der Waals surface area contributed by atoms with E-state index in [-0.39, 0.29) is 0 Å². The van der Waals surface area contributed by atoms with E-state index in [9.17, 15) is 0 Å². The zero-order valence-corrected chi connectivity index (χ0v) is 17.0. The van der Waals surface area contributed by atoms with Crippen LogP contribution in [0.3, 0.4) is 0 Å². The maximum Gasteiger partial charge on any atom is 0.178 e. The van der Waals surface area contributed by atoms with Gasteiger partial charge in [-0.2, -0.15) is 5.10 Å². The second kappa shape index (κ2) is 6.60. The SMILES string of the molecule is Cc1ncc(-c2ccc3[nH]nc(-c4nc5nccc(-c6ccccn6)c5[nH]4)c3c2)n1C. The lowest BCUT2D eigenvalue weighted by Gasteiger charge is -2.04. The van der Waals surface area contributed by atoms with Crippen LogP contribution >= 0.6 is 0 Å². The van der Waals surface area contributed by atoms with E-state index in [1.54, 1.807) is 12.4 Å². The second-order valence-corrected chi connectivity index (χ2v) is 7.44. The van der Waals surface area contributed by atoms with Gasteiger partial charge in [-0.05, 0) is 37.3 Å². The molecule has 0 saturated heterocycles. The molecule has 150 valence electrons. The molecule has 5 aromatic heterocycles. The largest absolute Gasteiger partial charge is 0.335 e. The smallest absolute Gasteiger partial charge is 0.178 e. The summed E-state index contributed by atoms with van der Waals surface area (Å²) in [5.74, 6) is 1.63. The quantitative estimate of drug-likeness (QED) is 0.457. The van der Waals surface area contributed by atoms with E-state index in [0.29, 0.717) is 11.5 Å². The molecule has 6 aromatic rings. The Morgan fingerprint density at radius 1 is 0.968 bits per heavy atom. The number of aryl methyl sites for hydroxylation is 1. The van der Waals surface area contributed by atoms with Crippen molar-refractivity contribution in [3.63, 3.8) is 0 Å². The van der Waals surface area contributed by atoms with Crippen LogP contribution in [0, 0.1) is 6.92 Å². The first-order valence-corrected chi connectivity index (χ1v) is 9.92. The average Bonchev–Trinajstić information content (AvgIpc) is 3.50. The summed E-state index contributed by atoms with van der Waals surface area (Å²) in [7, 11) is 2.02. The lowest BCUT2D eigenvalue weighted by molar-refractivity contribution is 0.865. The van der Waals surface area contributed by atoms with Gasteiger partial charge in [-0.15, -0.1) is 0 Å². The molecule has 0 saturated carbocycles. The molecular formula is C23H18N8. The number of aromatic nitrogens is 8. The molecule has 0 fully saturated rings. The summed E-state index contributed by atoms with van der Waals surface area (Å²) in [5.41, 5.74) is 7.10. The monoisotopic (exact) mass is 406 g/mol. The third-order valence-corrected chi connectivity index (χ3v) is 5.64. The number of rotatable bonds is 3. The Labute approximate surface area is 177 Å². The van der Waals surface area contributed by atoms with Gasteiger partial charge < -0.3 is 9.55 Å². The van der Waals surface area contributed by atoms with Gasteiger partial charge >= 0.3 is 0 Å². The van der Waals surface area contributed by atoms with E-state index in [0.717, 1.165) is 50.5 Å². The minimum absolute atomic E-state index is 0.632. The van der Waals surface area contributed by atoms with E-state index in [2.05, 4.69) is 46.8 Å². The van der Waals surface area contributed by atoms with Crippen molar-refractivity contribution in [1.82, 2.24) is 39.7 Å². The van der Waals surface area contributed by atoms with Gasteiger partial charge in [-0.1, -0.05) is 12.1 Å². The van der Waals surface area contributed by atoms with Crippen molar-refractivity contribution < 1.29 is 0 Å². The van der Waals surface area contributed by atoms with E-state index >= 15 is 0 Å². The van der Waals surface area contributed by atoms with Crippen LogP contribution in [0.5, 0.6) is 0 Å². The molecule has 0 atom stereocenters. The standard InChI is InChI=1S/C23H18N8/c1-13-26-12-19(31(13)2)14-6-7-18-16(11-14)21(30-29-18)23-27-20-15(8-10-25-22(20)28-23)17-5-3-4-9-24-17/h3-12H,1-2H3,(H,29,30)(H,25,27,28). The molecule has 0 amide bonds. The molecule has 0 bridgehead atoms. The van der Waals surface area contributed by atoms with Gasteiger partial charge in [0.05, 0.1) is 28.6 Å². The van der Waals surface area contributed by atoms with Crippen molar-refractivity contribution in [3.8, 4) is 34.0 Å². The van der Waals surface area contributed by atoms with Crippen molar-refractivity contribution in [1.29, 1.82) is 0 Å². The summed E-state index contributed by atoms with van der Waals surface area (Å²) in [5, 5.41) is 8.63. The van der Waals surface area contributed by atoms with Crippen molar-refractivity contribution in [2.75, 3.05) is 0 Å². The van der Waals surface area contributed by atoms with Gasteiger partial charge in [0.25, 0.3) is 0 Å². The third kappa shape index (κ3) is 2.72. The molecule has 2 N–H and O–H groups in total. The number of nitrogens with zero attached hydrogens (tertiary/aromatic N) is 6. The van der Waals surface area contributed by atoms with Crippen molar-refractivity contribution >= 4 is 22.1 Å². The molecule has 8 nitrogen and oxygen atoms in total. The number of hydrogen-bond acceptors (Lipinski definition) is 5. The molecule has 0 aliphatic rings. The van der Waals surface area contributed by atoms with Gasteiger partial charge in [0.2, 0.25) is 0 Å². The van der Waals surface area contributed by atoms with E-state index in [1.165, 1.54) is 0 Å². The fourth-order valence-corrected chi connectivity index (χ4v) is 3.88. The fraction of sp³-hybridized carbons (Fsp3) is 0.0870. The molecule has 5 heterocycles. The van der Waals surface area contributed by atoms with Gasteiger partial charge in [0.15, 0.2) is 11.5 Å². The molecule has 6 rings (SSSR count). The minimum Gasteiger partial charge on any atom is -0.335 e. The summed E-state index contributed by atoms with van der Waals surface area (Å²) >= 11 is 0. The van der Waals surface area contributed by atoms with Crippen LogP contribution in [0.4, 0.5) is 0 Å². The van der Waals surface area contributed by atoms with Crippen LogP contribution < -0.4 is 0 Å². The molecule has 0 aliphatic heterocycles. The van der Waals surface area contributed by atoms with E-state index in [1.807, 2.05) is 50.5 Å². The Kier molecular flexibility index (Phi) is 3.73. The predicted molar refractivity (Wildman–Crippen MR) is 119 cm³/mol. The van der Waals surface area contributed by atoms with Crippen LogP contribution in [0.15, 0.2) is 61.1 Å². The average molecular weight is 406 g/mol. The molecule has 31 heavy (non-hydrogen) atoms. The first-order chi connectivity index (χ1) is 15.2. The molecule has 0 spiro atoms. The number of fused-ring (bicyclic) bond motifs is 2. The van der Waals surface area contributed by atoms with Gasteiger partial charge in [0, 0.05) is 36.0 Å². The molecule has 1 aromatic carbocycles. The Balaban J connectivity index is 1.52. The predicted octanol–water partition coefficient (Wildman–Crippen LogP) is 4.27. The number of pyridine rings is 2. The number of nitrogens with one attached hydrogen (secondary N) is 2. The van der Waals surface area contributed by atoms with Gasteiger partial charge in [-0.3, -0.25) is 10.1 Å². The Hall–Kier alpha value is -4.33. The van der Waals surface area contributed by atoms with Crippen LogP contribution in [0.1, 0.15) is 5.82 Å². The van der Waals surface area contributed by atoms with Crippen LogP contribution in [0.25, 0.3) is 56.1 Å². The first kappa shape index (κ1) is 17.5. The number of aromatic amines is 2. The topological polar surface area (TPSA) is 101 Å². The molecule has 8 heteroatoms. The number of benzene rings is 1. The molecular weight excluding hydrogens is 388 g/mol. The summed E-state index contributed by atoms with van der Waals surface area (Å²) in [4.78, 5) is 21.5. The number of imidazole rings is 2. The van der Waals surface area contributed by atoms with Crippen LogP contribution in [-0.4, -0.2) is 39.7 Å². The zero-order valence-electron chi connectivity index (χ0n) is 17.0. The summed E-state index contributed by atoms with van der Waals surface area (Å²) in [6.07, 6.45) is 5.42. The van der Waals surface area contributed by atoms with Crippen molar-refractivity contribution in [2.45, 2.75) is 6.92 Å². The number of hydrogen-bond donors (Lipinski definition) is 2. The van der Waals surface area contributed by atoms with Crippen molar-refractivity contribution in [3.05, 3.63) is 66.9 Å². The zero-order chi connectivity index (χ0) is 20.9. The van der Waals surface area contributed by atoms with E-state index < -0.39 is 0 Å². The third-order valence-electron chi connectivity index (χ3n) is 5.64. The Morgan fingerprint density at radius 2 is 1.90 bits per heavy atom. The normalized spacial score (nSPS) is 11.5. The lowest BCUT2D eigenvalue weighted by Crippen LogP contribution is -1.94. The van der Waals surface area contributed by atoms with Crippen LogP contribution in [-0.2, 0) is 7.05 Å². The molecule has 0 unspecified atom stereocenters. The number of H-pyrrole nitrogens is 2. The Morgan fingerprint density at radius 3 is 2.71 bits per heavy atom. The van der Waals surface area contributed by atoms with Gasteiger partial charge in [-0.25, -0.2) is 15.0 Å². The Bertz CT molecular complexity index is 1560. The van der Waals surface area contributed by atoms with Gasteiger partial charge in [0.1, 0.15) is 11.5 Å². The fourth-order valence-electron chi connectivity index (χ4n) is 3.88. The highest BCUT2D eigenvalue weighted by molar-refractivity contribution is 5.97. The summed E-state index contributed by atoms with van der Waals surface area (Å²) < 4.78 is 2.07. The maximum atomic E-state index is 4.72. The van der Waals surface area contributed by atoms with Crippen molar-refractivity contribution in [2.24, 2.45) is 7.05 Å². The summed E-state index contributed by atoms with van der Waals surface area (Å²) in [6.45, 7) is 1.99. The molecule has 0 aliphatic carbocycles. The highest BCUT2D eigenvalue weighted by atomic mass is 15.1. The summed E-state index contributed by atoms with van der Waals surface area (Å²) in [6, 6.07) is 14.0. The van der Waals surface area contributed by atoms with Crippen LogP contribution in [0.2, 0.25) is 0 Å². The minimum atomic E-state index is 0.632. The highest BCUT2D eigenvalue weighted by Gasteiger charge is 2.17. The molecule has 0 radical (unpaired) electrons.